The Labute approximate surface area is 204 Å². The van der Waals surface area contributed by atoms with Crippen molar-refractivity contribution < 1.29 is 23.8 Å². The highest BCUT2D eigenvalue weighted by atomic mass is 35.5. The topological polar surface area (TPSA) is 98.2 Å². The van der Waals surface area contributed by atoms with Crippen molar-refractivity contribution in [2.45, 2.75) is 26.8 Å². The van der Waals surface area contributed by atoms with E-state index < -0.39 is 11.9 Å². The summed E-state index contributed by atoms with van der Waals surface area (Å²) in [6.07, 6.45) is 6.66. The van der Waals surface area contributed by atoms with Crippen LogP contribution >= 0.6 is 11.6 Å². The Morgan fingerprint density at radius 3 is 2.50 bits per heavy atom. The van der Waals surface area contributed by atoms with E-state index in [4.69, 9.17) is 32.2 Å². The summed E-state index contributed by atoms with van der Waals surface area (Å²) in [5, 5.41) is 7.04. The highest BCUT2D eigenvalue weighted by molar-refractivity contribution is 6.32. The number of carbonyl (C=O) groups is 2. The number of terminal acetylenes is 1. The third kappa shape index (κ3) is 7.42. The number of methoxy groups -OCH3 is 1. The van der Waals surface area contributed by atoms with Gasteiger partial charge in [0.05, 0.1) is 25.0 Å². The molecule has 0 aliphatic rings. The highest BCUT2D eigenvalue weighted by Crippen LogP contribution is 2.36. The second-order valence-corrected chi connectivity index (χ2v) is 7.82. The summed E-state index contributed by atoms with van der Waals surface area (Å²) in [4.78, 5) is 25.3. The van der Waals surface area contributed by atoms with Crippen LogP contribution in [-0.2, 0) is 4.79 Å². The standard InChI is InChI=1S/C25H28ClN3O5/c1-6-12-34-23-20(26)13-17(14-21(23)33-7-2)15-27-29-25(31)22(16(3)4)28-24(30)18-8-10-19(32-5)11-9-18/h1,8-11,13-16,22H,7,12H2,2-5H3,(H,28,30)(H,29,31). The fraction of sp³-hybridized carbons (Fsp3) is 0.320. The molecule has 0 bridgehead atoms. The van der Waals surface area contributed by atoms with Gasteiger partial charge in [0.1, 0.15) is 18.4 Å². The maximum Gasteiger partial charge on any atom is 0.262 e. The molecule has 0 aliphatic heterocycles. The molecule has 0 radical (unpaired) electrons. The second-order valence-electron chi connectivity index (χ2n) is 7.41. The Balaban J connectivity index is 2.09. The van der Waals surface area contributed by atoms with E-state index in [1.54, 1.807) is 43.5 Å². The van der Waals surface area contributed by atoms with Gasteiger partial charge in [0, 0.05) is 5.56 Å². The van der Waals surface area contributed by atoms with Crippen LogP contribution in [0.4, 0.5) is 0 Å². The number of nitrogens with zero attached hydrogens (tertiary/aromatic N) is 1. The summed E-state index contributed by atoms with van der Waals surface area (Å²) in [5.41, 5.74) is 3.45. The zero-order valence-corrected chi connectivity index (χ0v) is 20.3. The van der Waals surface area contributed by atoms with Crippen LogP contribution in [-0.4, -0.2) is 44.4 Å². The number of nitrogens with one attached hydrogen (secondary N) is 2. The lowest BCUT2D eigenvalue weighted by Crippen LogP contribution is -2.48. The predicted molar refractivity (Wildman–Crippen MR) is 132 cm³/mol. The van der Waals surface area contributed by atoms with Gasteiger partial charge < -0.3 is 19.5 Å². The summed E-state index contributed by atoms with van der Waals surface area (Å²) in [6.45, 7) is 5.91. The average Bonchev–Trinajstić information content (AvgIpc) is 2.81. The van der Waals surface area contributed by atoms with Gasteiger partial charge in [-0.15, -0.1) is 6.42 Å². The number of hydrazone groups is 1. The molecule has 0 saturated heterocycles. The maximum atomic E-state index is 12.7. The molecule has 0 heterocycles. The van der Waals surface area contributed by atoms with Crippen molar-refractivity contribution in [3.05, 3.63) is 52.5 Å². The van der Waals surface area contributed by atoms with Crippen LogP contribution < -0.4 is 25.0 Å². The van der Waals surface area contributed by atoms with E-state index in [-0.39, 0.29) is 18.4 Å². The van der Waals surface area contributed by atoms with Gasteiger partial charge in [-0.1, -0.05) is 31.4 Å². The maximum absolute atomic E-state index is 12.7. The number of amides is 2. The lowest BCUT2D eigenvalue weighted by molar-refractivity contribution is -0.123. The normalized spacial score (nSPS) is 11.6. The third-order valence-electron chi connectivity index (χ3n) is 4.61. The minimum atomic E-state index is -0.797. The highest BCUT2D eigenvalue weighted by Gasteiger charge is 2.24. The van der Waals surface area contributed by atoms with Crippen LogP contribution in [0.25, 0.3) is 0 Å². The largest absolute Gasteiger partial charge is 0.497 e. The van der Waals surface area contributed by atoms with Gasteiger partial charge >= 0.3 is 0 Å². The van der Waals surface area contributed by atoms with E-state index in [9.17, 15) is 9.59 Å². The molecule has 2 N–H and O–H groups in total. The molecule has 2 rings (SSSR count). The number of rotatable bonds is 11. The van der Waals surface area contributed by atoms with Gasteiger partial charge in [0.15, 0.2) is 11.5 Å². The first-order valence-corrected chi connectivity index (χ1v) is 11.0. The number of hydrogen-bond acceptors (Lipinski definition) is 6. The molecule has 2 aromatic rings. The number of ether oxygens (including phenoxy) is 3. The summed E-state index contributed by atoms with van der Waals surface area (Å²) in [5.74, 6) is 2.74. The molecule has 0 aromatic heterocycles. The Morgan fingerprint density at radius 2 is 1.91 bits per heavy atom. The molecule has 2 amide bonds. The molecule has 2 aromatic carbocycles. The van der Waals surface area contributed by atoms with Crippen molar-refractivity contribution in [2.24, 2.45) is 11.0 Å². The summed E-state index contributed by atoms with van der Waals surface area (Å²) >= 11 is 6.30. The first kappa shape index (κ1) is 26.6. The molecule has 180 valence electrons. The summed E-state index contributed by atoms with van der Waals surface area (Å²) in [7, 11) is 1.54. The first-order valence-electron chi connectivity index (χ1n) is 10.6. The summed E-state index contributed by atoms with van der Waals surface area (Å²) in [6, 6.07) is 9.08. The number of halogens is 1. The number of benzene rings is 2. The molecule has 34 heavy (non-hydrogen) atoms. The van der Waals surface area contributed by atoms with Crippen molar-refractivity contribution in [3.63, 3.8) is 0 Å². The van der Waals surface area contributed by atoms with Gasteiger partial charge in [-0.2, -0.15) is 5.10 Å². The van der Waals surface area contributed by atoms with Crippen molar-refractivity contribution >= 4 is 29.6 Å². The van der Waals surface area contributed by atoms with E-state index in [1.165, 1.54) is 6.21 Å². The first-order chi connectivity index (χ1) is 16.3. The van der Waals surface area contributed by atoms with Crippen LogP contribution in [0.2, 0.25) is 5.02 Å². The quantitative estimate of drug-likeness (QED) is 0.287. The van der Waals surface area contributed by atoms with E-state index in [0.29, 0.717) is 40.0 Å². The van der Waals surface area contributed by atoms with E-state index in [0.717, 1.165) is 0 Å². The van der Waals surface area contributed by atoms with Crippen LogP contribution in [0, 0.1) is 18.3 Å². The van der Waals surface area contributed by atoms with Crippen LogP contribution in [0.15, 0.2) is 41.5 Å². The lowest BCUT2D eigenvalue weighted by atomic mass is 10.0. The third-order valence-corrected chi connectivity index (χ3v) is 4.89. The monoisotopic (exact) mass is 485 g/mol. The molecular weight excluding hydrogens is 458 g/mol. The molecule has 0 fully saturated rings. The van der Waals surface area contributed by atoms with Gasteiger partial charge in [0.2, 0.25) is 0 Å². The molecule has 1 atom stereocenters. The Hall–Kier alpha value is -3.70. The molecule has 0 aliphatic carbocycles. The fourth-order valence-corrected chi connectivity index (χ4v) is 3.19. The minimum absolute atomic E-state index is 0.0438. The van der Waals surface area contributed by atoms with Gasteiger partial charge in [-0.3, -0.25) is 9.59 Å². The van der Waals surface area contributed by atoms with Gasteiger partial charge in [0.25, 0.3) is 11.8 Å². The average molecular weight is 486 g/mol. The Kier molecular flexibility index (Phi) is 10.2. The van der Waals surface area contributed by atoms with Crippen molar-refractivity contribution in [1.82, 2.24) is 10.7 Å². The zero-order valence-electron chi connectivity index (χ0n) is 19.6. The molecule has 8 nitrogen and oxygen atoms in total. The van der Waals surface area contributed by atoms with Crippen LogP contribution in [0.5, 0.6) is 17.2 Å². The smallest absolute Gasteiger partial charge is 0.262 e. The fourth-order valence-electron chi connectivity index (χ4n) is 2.92. The molecular formula is C25H28ClN3O5. The molecule has 0 spiro atoms. The Bertz CT molecular complexity index is 1060. The van der Waals surface area contributed by atoms with E-state index in [1.807, 2.05) is 20.8 Å². The molecule has 0 saturated carbocycles. The zero-order chi connectivity index (χ0) is 25.1. The molecule has 1 unspecified atom stereocenters. The lowest BCUT2D eigenvalue weighted by Gasteiger charge is -2.20. The minimum Gasteiger partial charge on any atom is -0.497 e. The van der Waals surface area contributed by atoms with Gasteiger partial charge in [-0.25, -0.2) is 5.43 Å². The van der Waals surface area contributed by atoms with Crippen molar-refractivity contribution in [3.8, 4) is 29.6 Å². The number of hydrogen-bond donors (Lipinski definition) is 2. The Morgan fingerprint density at radius 1 is 1.21 bits per heavy atom. The van der Waals surface area contributed by atoms with Crippen LogP contribution in [0.1, 0.15) is 36.7 Å². The summed E-state index contributed by atoms with van der Waals surface area (Å²) < 4.78 is 16.1. The van der Waals surface area contributed by atoms with Crippen molar-refractivity contribution in [2.75, 3.05) is 20.3 Å². The predicted octanol–water partition coefficient (Wildman–Crippen LogP) is 3.66. The molecule has 9 heteroatoms. The van der Waals surface area contributed by atoms with E-state index >= 15 is 0 Å². The van der Waals surface area contributed by atoms with Gasteiger partial charge in [-0.05, 0) is 54.8 Å². The second kappa shape index (κ2) is 13.1. The van der Waals surface area contributed by atoms with E-state index in [2.05, 4.69) is 21.8 Å². The SMILES string of the molecule is C#CCOc1c(Cl)cc(C=NNC(=O)C(NC(=O)c2ccc(OC)cc2)C(C)C)cc1OCC. The number of carbonyl (C=O) groups excluding carboxylic acids is 2. The van der Waals surface area contributed by atoms with Crippen LogP contribution in [0.3, 0.4) is 0 Å². The van der Waals surface area contributed by atoms with Crippen molar-refractivity contribution in [1.29, 1.82) is 0 Å².